The van der Waals surface area contributed by atoms with Crippen LogP contribution in [0.5, 0.6) is 0 Å². The monoisotopic (exact) mass is 297 g/mol. The zero-order valence-corrected chi connectivity index (χ0v) is 11.7. The zero-order chi connectivity index (χ0) is 14.7. The smallest absolute Gasteiger partial charge is 0.248 e. The maximum atomic E-state index is 11.2. The Kier molecular flexibility index (Phi) is 4.87. The van der Waals surface area contributed by atoms with Crippen LogP contribution in [0, 0.1) is 0 Å². The second-order valence-corrected chi connectivity index (χ2v) is 5.44. The molecule has 1 fully saturated rings. The van der Waals surface area contributed by atoms with E-state index in [2.05, 4.69) is 11.4 Å². The van der Waals surface area contributed by atoms with E-state index in [1.807, 2.05) is 12.1 Å². The van der Waals surface area contributed by atoms with Crippen LogP contribution in [-0.2, 0) is 17.8 Å². The molecule has 1 amide bonds. The highest BCUT2D eigenvalue weighted by molar-refractivity contribution is 7.73. The molecule has 1 aromatic rings. The molecule has 0 aromatic heterocycles. The van der Waals surface area contributed by atoms with E-state index in [-0.39, 0.29) is 5.91 Å². The first-order valence-electron chi connectivity index (χ1n) is 6.43. The van der Waals surface area contributed by atoms with E-state index < -0.39 is 11.4 Å². The Labute approximate surface area is 119 Å². The summed E-state index contributed by atoms with van der Waals surface area (Å²) in [6.45, 7) is 1.12. The highest BCUT2D eigenvalue weighted by Gasteiger charge is 2.34. The molecule has 1 aromatic carbocycles. The Bertz CT molecular complexity index is 531. The Morgan fingerprint density at radius 3 is 2.85 bits per heavy atom. The Hall–Kier alpha value is -1.28. The van der Waals surface area contributed by atoms with Gasteiger partial charge in [-0.3, -0.25) is 4.79 Å². The fourth-order valence-corrected chi connectivity index (χ4v) is 3.06. The Balaban J connectivity index is 0.000000328. The minimum atomic E-state index is -2.86. The molecule has 20 heavy (non-hydrogen) atoms. The lowest BCUT2D eigenvalue weighted by Crippen LogP contribution is -2.37. The summed E-state index contributed by atoms with van der Waals surface area (Å²) >= 11 is -2.86. The maximum Gasteiger partial charge on any atom is 0.248 e. The molecule has 7 heteroatoms. The van der Waals surface area contributed by atoms with Crippen LogP contribution in [0.2, 0.25) is 0 Å². The predicted octanol–water partition coefficient (Wildman–Crippen LogP) is 0.516. The maximum absolute atomic E-state index is 11.2. The predicted molar refractivity (Wildman–Crippen MR) is 74.0 cm³/mol. The van der Waals surface area contributed by atoms with Crippen LogP contribution in [-0.4, -0.2) is 31.8 Å². The van der Waals surface area contributed by atoms with Gasteiger partial charge in [-0.15, -0.1) is 0 Å². The number of primary amides is 1. The van der Waals surface area contributed by atoms with Crippen molar-refractivity contribution in [1.29, 1.82) is 0 Å². The summed E-state index contributed by atoms with van der Waals surface area (Å²) in [5, 5.41) is 3.56. The molecule has 1 aliphatic heterocycles. The summed E-state index contributed by atoms with van der Waals surface area (Å²) in [6.07, 6.45) is 3.55. The van der Waals surface area contributed by atoms with Crippen molar-refractivity contribution in [1.82, 2.24) is 5.32 Å². The lowest BCUT2D eigenvalue weighted by atomic mass is 9.89. The summed E-state index contributed by atoms with van der Waals surface area (Å²) in [5.41, 5.74) is 8.69. The number of hydrogen-bond donors (Lipinski definition) is 3. The first-order chi connectivity index (χ1) is 9.49. The average molecular weight is 297 g/mol. The number of fused-ring (bicyclic) bond motifs is 3. The highest BCUT2D eigenvalue weighted by Crippen LogP contribution is 2.38. The molecular formula is C13H17N2O4S-. The number of nitrogens with one attached hydrogen (secondary N) is 1. The van der Waals surface area contributed by atoms with Crippen molar-refractivity contribution in [2.45, 2.75) is 31.2 Å². The molecule has 6 nitrogen and oxygen atoms in total. The van der Waals surface area contributed by atoms with Gasteiger partial charge in [0.15, 0.2) is 0 Å². The van der Waals surface area contributed by atoms with Gasteiger partial charge < -0.3 is 20.2 Å². The van der Waals surface area contributed by atoms with Gasteiger partial charge in [0.25, 0.3) is 0 Å². The molecule has 4 N–H and O–H groups in total. The first kappa shape index (κ1) is 15.1. The lowest BCUT2D eigenvalue weighted by Gasteiger charge is -2.27. The average Bonchev–Trinajstić information content (AvgIpc) is 2.75. The van der Waals surface area contributed by atoms with Crippen LogP contribution >= 0.6 is 0 Å². The van der Waals surface area contributed by atoms with Gasteiger partial charge in [-0.1, -0.05) is 6.07 Å². The standard InChI is InChI=1S/C13H16N2O.H2O3S/c14-13(16)9-4-3-8-7-12-10(11(8)6-9)2-1-5-15-12;1-4(2)3/h3-4,6,10,12,15H,1-2,5,7H2,(H2,14,16);(H2,1,2,3)/p-1. The van der Waals surface area contributed by atoms with Crippen molar-refractivity contribution in [2.24, 2.45) is 5.73 Å². The number of carbonyl (C=O) groups is 1. The van der Waals surface area contributed by atoms with Crippen molar-refractivity contribution in [3.8, 4) is 0 Å². The van der Waals surface area contributed by atoms with Crippen molar-refractivity contribution >= 4 is 17.3 Å². The quantitative estimate of drug-likeness (QED) is 0.653. The van der Waals surface area contributed by atoms with Crippen molar-refractivity contribution in [2.75, 3.05) is 6.54 Å². The molecule has 1 aliphatic carbocycles. The summed E-state index contributed by atoms with van der Waals surface area (Å²) in [4.78, 5) is 11.2. The SMILES string of the molecule is NC(=O)c1ccc2c(c1)C1CCCNC1C2.O=S([O-])O. The van der Waals surface area contributed by atoms with E-state index in [0.717, 1.165) is 13.0 Å². The lowest BCUT2D eigenvalue weighted by molar-refractivity contribution is 0.1000. The van der Waals surface area contributed by atoms with Crippen LogP contribution in [0.4, 0.5) is 0 Å². The molecule has 0 spiro atoms. The minimum Gasteiger partial charge on any atom is -0.750 e. The molecule has 3 rings (SSSR count). The molecule has 110 valence electrons. The van der Waals surface area contributed by atoms with Gasteiger partial charge in [-0.2, -0.15) is 0 Å². The summed E-state index contributed by atoms with van der Waals surface area (Å²) in [7, 11) is 0. The first-order valence-corrected chi connectivity index (χ1v) is 7.46. The number of amides is 1. The van der Waals surface area contributed by atoms with Gasteiger partial charge >= 0.3 is 0 Å². The molecule has 0 saturated carbocycles. The van der Waals surface area contributed by atoms with Gasteiger partial charge in [-0.25, -0.2) is 4.21 Å². The third kappa shape index (κ3) is 3.43. The van der Waals surface area contributed by atoms with Gasteiger partial charge in [-0.05, 0) is 55.0 Å². The summed E-state index contributed by atoms with van der Waals surface area (Å²) in [5.74, 6) is 0.262. The van der Waals surface area contributed by atoms with Crippen molar-refractivity contribution < 1.29 is 18.1 Å². The molecular weight excluding hydrogens is 280 g/mol. The van der Waals surface area contributed by atoms with E-state index >= 15 is 0 Å². The fraction of sp³-hybridized carbons (Fsp3) is 0.462. The second-order valence-electron chi connectivity index (χ2n) is 5.01. The molecule has 0 bridgehead atoms. The number of piperidine rings is 1. The third-order valence-corrected chi connectivity index (χ3v) is 3.85. The molecule has 1 heterocycles. The minimum absolute atomic E-state index is 0.324. The van der Waals surface area contributed by atoms with Crippen LogP contribution in [0.3, 0.4) is 0 Å². The Morgan fingerprint density at radius 2 is 2.20 bits per heavy atom. The number of carbonyl (C=O) groups excluding carboxylic acids is 1. The van der Waals surface area contributed by atoms with Crippen LogP contribution in [0.15, 0.2) is 18.2 Å². The molecule has 2 aliphatic rings. The van der Waals surface area contributed by atoms with Gasteiger partial charge in [0.2, 0.25) is 5.91 Å². The van der Waals surface area contributed by atoms with Gasteiger partial charge in [0.05, 0.1) is 11.4 Å². The molecule has 1 saturated heterocycles. The zero-order valence-electron chi connectivity index (χ0n) is 10.9. The van der Waals surface area contributed by atoms with Gasteiger partial charge in [0, 0.05) is 11.6 Å². The van der Waals surface area contributed by atoms with Crippen molar-refractivity contribution in [3.05, 3.63) is 34.9 Å². The fourth-order valence-electron chi connectivity index (χ4n) is 3.06. The van der Waals surface area contributed by atoms with Crippen LogP contribution in [0.1, 0.15) is 40.2 Å². The topological polar surface area (TPSA) is 115 Å². The molecule has 0 radical (unpaired) electrons. The van der Waals surface area contributed by atoms with E-state index in [9.17, 15) is 4.79 Å². The van der Waals surface area contributed by atoms with Crippen LogP contribution in [0.25, 0.3) is 0 Å². The van der Waals surface area contributed by atoms with E-state index in [1.54, 1.807) is 0 Å². The Morgan fingerprint density at radius 1 is 1.50 bits per heavy atom. The number of benzene rings is 1. The van der Waals surface area contributed by atoms with E-state index in [0.29, 0.717) is 17.5 Å². The van der Waals surface area contributed by atoms with Gasteiger partial charge in [0.1, 0.15) is 0 Å². The number of nitrogens with two attached hydrogens (primary N) is 1. The summed E-state index contributed by atoms with van der Waals surface area (Å²) < 4.78 is 24.1. The van der Waals surface area contributed by atoms with E-state index in [1.165, 1.54) is 24.0 Å². The van der Waals surface area contributed by atoms with Crippen molar-refractivity contribution in [3.63, 3.8) is 0 Å². The number of rotatable bonds is 1. The van der Waals surface area contributed by atoms with Crippen LogP contribution < -0.4 is 11.1 Å². The summed E-state index contributed by atoms with van der Waals surface area (Å²) in [6, 6.07) is 6.48. The highest BCUT2D eigenvalue weighted by atomic mass is 32.2. The second kappa shape index (κ2) is 6.45. The van der Waals surface area contributed by atoms with E-state index in [4.69, 9.17) is 19.0 Å². The third-order valence-electron chi connectivity index (χ3n) is 3.85. The number of hydrogen-bond acceptors (Lipinski definition) is 4. The normalized spacial score (nSPS) is 24.9. The molecule has 3 unspecified atom stereocenters. The largest absolute Gasteiger partial charge is 0.750 e. The molecule has 3 atom stereocenters.